The van der Waals surface area contributed by atoms with Crippen LogP contribution in [-0.4, -0.2) is 24.8 Å². The lowest BCUT2D eigenvalue weighted by Gasteiger charge is -2.09. The van der Waals surface area contributed by atoms with Crippen molar-refractivity contribution in [2.45, 2.75) is 6.42 Å². The summed E-state index contributed by atoms with van der Waals surface area (Å²) in [6, 6.07) is 0. The second-order valence-corrected chi connectivity index (χ2v) is 2.22. The van der Waals surface area contributed by atoms with Gasteiger partial charge >= 0.3 is 5.97 Å². The highest BCUT2D eigenvalue weighted by molar-refractivity contribution is 6.23. The fourth-order valence-electron chi connectivity index (χ4n) is 0.808. The number of carbonyl (C=O) groups is 3. The van der Waals surface area contributed by atoms with Crippen molar-refractivity contribution in [1.29, 1.82) is 0 Å². The SMILES string of the molecule is COC(=O)C1=CNC(=O)CC1=O. The third-order valence-corrected chi connectivity index (χ3v) is 1.40. The van der Waals surface area contributed by atoms with Crippen LogP contribution in [0.4, 0.5) is 0 Å². The van der Waals surface area contributed by atoms with Gasteiger partial charge in [-0.3, -0.25) is 9.59 Å². The molecule has 0 aromatic heterocycles. The molecule has 0 aromatic carbocycles. The van der Waals surface area contributed by atoms with Gasteiger partial charge in [-0.25, -0.2) is 4.79 Å². The lowest BCUT2D eigenvalue weighted by Crippen LogP contribution is -2.31. The summed E-state index contributed by atoms with van der Waals surface area (Å²) in [6.45, 7) is 0. The third-order valence-electron chi connectivity index (χ3n) is 1.40. The third kappa shape index (κ3) is 1.50. The van der Waals surface area contributed by atoms with Gasteiger partial charge in [0.05, 0.1) is 13.5 Å². The molecule has 0 unspecified atom stereocenters. The Balaban J connectivity index is 2.84. The van der Waals surface area contributed by atoms with Crippen LogP contribution in [0.2, 0.25) is 0 Å². The van der Waals surface area contributed by atoms with E-state index in [1.165, 1.54) is 7.11 Å². The van der Waals surface area contributed by atoms with E-state index in [2.05, 4.69) is 10.1 Å². The zero-order valence-corrected chi connectivity index (χ0v) is 6.42. The molecule has 1 aliphatic heterocycles. The average molecular weight is 169 g/mol. The number of esters is 1. The van der Waals surface area contributed by atoms with E-state index in [9.17, 15) is 14.4 Å². The molecule has 1 rings (SSSR count). The summed E-state index contributed by atoms with van der Waals surface area (Å²) < 4.78 is 4.32. The molecule has 0 radical (unpaired) electrons. The van der Waals surface area contributed by atoms with Crippen molar-refractivity contribution in [3.8, 4) is 0 Å². The Morgan fingerprint density at radius 1 is 1.58 bits per heavy atom. The molecule has 1 heterocycles. The number of amides is 1. The number of ketones is 1. The maximum absolute atomic E-state index is 11.0. The molecule has 0 aromatic rings. The molecule has 0 aliphatic carbocycles. The van der Waals surface area contributed by atoms with E-state index in [0.717, 1.165) is 6.20 Å². The van der Waals surface area contributed by atoms with Crippen molar-refractivity contribution in [2.75, 3.05) is 7.11 Å². The Morgan fingerprint density at radius 2 is 2.25 bits per heavy atom. The van der Waals surface area contributed by atoms with E-state index in [0.29, 0.717) is 0 Å². The standard InChI is InChI=1S/C7H7NO4/c1-12-7(11)4-3-8-6(10)2-5(4)9/h3H,2H2,1H3,(H,8,10). The molecule has 0 saturated heterocycles. The van der Waals surface area contributed by atoms with Gasteiger partial charge in [0.25, 0.3) is 0 Å². The number of hydrogen-bond donors (Lipinski definition) is 1. The predicted octanol–water partition coefficient (Wildman–Crippen LogP) is -0.868. The van der Waals surface area contributed by atoms with E-state index < -0.39 is 17.7 Å². The van der Waals surface area contributed by atoms with Gasteiger partial charge in [0, 0.05) is 6.20 Å². The van der Waals surface area contributed by atoms with Gasteiger partial charge in [0.15, 0.2) is 5.78 Å². The fraction of sp³-hybridized carbons (Fsp3) is 0.286. The Labute approximate surface area is 68.4 Å². The maximum atomic E-state index is 11.0. The second-order valence-electron chi connectivity index (χ2n) is 2.22. The molecule has 1 aliphatic rings. The summed E-state index contributed by atoms with van der Waals surface area (Å²) in [7, 11) is 1.17. The summed E-state index contributed by atoms with van der Waals surface area (Å²) in [5.41, 5.74) is -0.114. The molecule has 0 atom stereocenters. The first-order chi connectivity index (χ1) is 5.65. The fourth-order valence-corrected chi connectivity index (χ4v) is 0.808. The van der Waals surface area contributed by atoms with Gasteiger partial charge in [-0.1, -0.05) is 0 Å². The predicted molar refractivity (Wildman–Crippen MR) is 37.9 cm³/mol. The van der Waals surface area contributed by atoms with Gasteiger partial charge in [-0.15, -0.1) is 0 Å². The minimum absolute atomic E-state index is 0.114. The molecule has 12 heavy (non-hydrogen) atoms. The van der Waals surface area contributed by atoms with Crippen LogP contribution in [0.3, 0.4) is 0 Å². The Morgan fingerprint density at radius 3 is 2.75 bits per heavy atom. The quantitative estimate of drug-likeness (QED) is 0.314. The van der Waals surface area contributed by atoms with Crippen LogP contribution in [0.5, 0.6) is 0 Å². The van der Waals surface area contributed by atoms with Crippen molar-refractivity contribution in [3.05, 3.63) is 11.8 Å². The molecule has 1 N–H and O–H groups in total. The number of hydrogen-bond acceptors (Lipinski definition) is 4. The summed E-state index contributed by atoms with van der Waals surface area (Å²) in [5, 5.41) is 2.26. The van der Waals surface area contributed by atoms with Gasteiger partial charge in [0.1, 0.15) is 5.57 Å². The van der Waals surface area contributed by atoms with E-state index in [1.807, 2.05) is 0 Å². The molecule has 64 valence electrons. The zero-order valence-electron chi connectivity index (χ0n) is 6.42. The summed E-state index contributed by atoms with van der Waals surface area (Å²) >= 11 is 0. The summed E-state index contributed by atoms with van der Waals surface area (Å²) in [6.07, 6.45) is 0.779. The Bertz CT molecular complexity index is 279. The van der Waals surface area contributed by atoms with Gasteiger partial charge in [0.2, 0.25) is 5.91 Å². The van der Waals surface area contributed by atoms with Crippen molar-refractivity contribution in [1.82, 2.24) is 5.32 Å². The molecule has 1 amide bonds. The number of methoxy groups -OCH3 is 1. The number of nitrogens with one attached hydrogen (secondary N) is 1. The van der Waals surface area contributed by atoms with Crippen molar-refractivity contribution in [3.63, 3.8) is 0 Å². The Hall–Kier alpha value is -1.65. The summed E-state index contributed by atoms with van der Waals surface area (Å²) in [4.78, 5) is 32.4. The topological polar surface area (TPSA) is 72.5 Å². The van der Waals surface area contributed by atoms with Crippen LogP contribution in [0, 0.1) is 0 Å². The highest BCUT2D eigenvalue weighted by atomic mass is 16.5. The summed E-state index contributed by atoms with van der Waals surface area (Å²) in [5.74, 6) is -1.64. The highest BCUT2D eigenvalue weighted by Gasteiger charge is 2.24. The van der Waals surface area contributed by atoms with Crippen LogP contribution in [0.15, 0.2) is 11.8 Å². The van der Waals surface area contributed by atoms with Crippen LogP contribution >= 0.6 is 0 Å². The first kappa shape index (κ1) is 8.45. The molecule has 0 fully saturated rings. The van der Waals surface area contributed by atoms with E-state index in [4.69, 9.17) is 0 Å². The van der Waals surface area contributed by atoms with Crippen molar-refractivity contribution in [2.24, 2.45) is 0 Å². The minimum atomic E-state index is -0.722. The monoisotopic (exact) mass is 169 g/mol. The van der Waals surface area contributed by atoms with Crippen LogP contribution in [-0.2, 0) is 19.1 Å². The van der Waals surface area contributed by atoms with Crippen molar-refractivity contribution < 1.29 is 19.1 Å². The number of rotatable bonds is 1. The smallest absolute Gasteiger partial charge is 0.343 e. The first-order valence-corrected chi connectivity index (χ1v) is 3.26. The molecule has 0 saturated carbocycles. The first-order valence-electron chi connectivity index (χ1n) is 3.26. The largest absolute Gasteiger partial charge is 0.465 e. The van der Waals surface area contributed by atoms with E-state index in [-0.39, 0.29) is 12.0 Å². The molecular weight excluding hydrogens is 162 g/mol. The molecule has 5 heteroatoms. The van der Waals surface area contributed by atoms with Gasteiger partial charge in [-0.2, -0.15) is 0 Å². The molecule has 0 spiro atoms. The lowest BCUT2D eigenvalue weighted by molar-refractivity contribution is -0.138. The van der Waals surface area contributed by atoms with E-state index in [1.54, 1.807) is 0 Å². The van der Waals surface area contributed by atoms with Crippen molar-refractivity contribution >= 4 is 17.7 Å². The van der Waals surface area contributed by atoms with Crippen LogP contribution in [0.1, 0.15) is 6.42 Å². The van der Waals surface area contributed by atoms with Crippen LogP contribution in [0.25, 0.3) is 0 Å². The second kappa shape index (κ2) is 3.17. The van der Waals surface area contributed by atoms with Gasteiger partial charge in [-0.05, 0) is 0 Å². The number of ether oxygens (including phenoxy) is 1. The molecule has 5 nitrogen and oxygen atoms in total. The minimum Gasteiger partial charge on any atom is -0.465 e. The maximum Gasteiger partial charge on any atom is 0.343 e. The highest BCUT2D eigenvalue weighted by Crippen LogP contribution is 2.05. The molecular formula is C7H7NO4. The Kier molecular flexibility index (Phi) is 2.23. The number of Topliss-reactive ketones (excluding diaryl/α,β-unsaturated/α-hetero) is 1. The van der Waals surface area contributed by atoms with Gasteiger partial charge < -0.3 is 10.1 Å². The number of carbonyl (C=O) groups excluding carboxylic acids is 3. The van der Waals surface area contributed by atoms with E-state index >= 15 is 0 Å². The zero-order chi connectivity index (χ0) is 9.14. The lowest BCUT2D eigenvalue weighted by atomic mass is 10.1. The molecule has 0 bridgehead atoms. The average Bonchev–Trinajstić information content (AvgIpc) is 2.03. The van der Waals surface area contributed by atoms with Crippen LogP contribution < -0.4 is 5.32 Å². The normalized spacial score (nSPS) is 16.6.